The number of carbonyl (C=O) groups excluding carboxylic acids is 2. The van der Waals surface area contributed by atoms with Crippen molar-refractivity contribution >= 4 is 34.8 Å². The average molecular weight is 440 g/mol. The Morgan fingerprint density at radius 1 is 1.25 bits per heavy atom. The lowest BCUT2D eigenvalue weighted by Crippen LogP contribution is -2.06. The van der Waals surface area contributed by atoms with E-state index in [9.17, 15) is 9.59 Å². The van der Waals surface area contributed by atoms with Crippen molar-refractivity contribution in [1.82, 2.24) is 0 Å². The zero-order chi connectivity index (χ0) is 17.5. The number of carbonyl (C=O) groups is 2. The van der Waals surface area contributed by atoms with E-state index in [1.807, 2.05) is 6.07 Å². The van der Waals surface area contributed by atoms with Gasteiger partial charge >= 0.3 is 5.97 Å². The summed E-state index contributed by atoms with van der Waals surface area (Å²) >= 11 is 2.09. The summed E-state index contributed by atoms with van der Waals surface area (Å²) in [5, 5.41) is 0. The lowest BCUT2D eigenvalue weighted by molar-refractivity contribution is 0.0526. The van der Waals surface area contributed by atoms with Crippen LogP contribution in [0.4, 0.5) is 0 Å². The summed E-state index contributed by atoms with van der Waals surface area (Å²) in [4.78, 5) is 22.7. The third-order valence-corrected chi connectivity index (χ3v) is 4.01. The fraction of sp³-hybridized carbons (Fsp3) is 0.222. The summed E-state index contributed by atoms with van der Waals surface area (Å²) in [6, 6.07) is 10.4. The second-order valence-corrected chi connectivity index (χ2v) is 6.02. The zero-order valence-electron chi connectivity index (χ0n) is 13.4. The summed E-state index contributed by atoms with van der Waals surface area (Å²) in [6.45, 7) is 2.36. The maximum absolute atomic E-state index is 11.8. The maximum atomic E-state index is 11.8. The molecular weight excluding hydrogens is 423 g/mol. The van der Waals surface area contributed by atoms with Crippen LogP contribution in [0.2, 0.25) is 0 Å². The highest BCUT2D eigenvalue weighted by Crippen LogP contribution is 2.34. The van der Waals surface area contributed by atoms with E-state index in [4.69, 9.17) is 14.2 Å². The first kappa shape index (κ1) is 18.3. The van der Waals surface area contributed by atoms with Crippen LogP contribution in [0.3, 0.4) is 0 Å². The van der Waals surface area contributed by atoms with Crippen LogP contribution in [0, 0.1) is 3.57 Å². The predicted molar refractivity (Wildman–Crippen MR) is 97.8 cm³/mol. The van der Waals surface area contributed by atoms with E-state index in [1.54, 1.807) is 37.3 Å². The third-order valence-electron chi connectivity index (χ3n) is 3.21. The van der Waals surface area contributed by atoms with Crippen LogP contribution in [0.25, 0.3) is 0 Å². The Kier molecular flexibility index (Phi) is 6.60. The van der Waals surface area contributed by atoms with Crippen molar-refractivity contribution < 1.29 is 23.8 Å². The SMILES string of the molecule is CCOC(=O)c1cccc(COc2c(I)cc(C=O)cc2OC)c1. The van der Waals surface area contributed by atoms with Crippen LogP contribution in [-0.4, -0.2) is 26.0 Å². The molecule has 0 heterocycles. The Labute approximate surface area is 154 Å². The molecule has 0 saturated heterocycles. The first-order chi connectivity index (χ1) is 11.6. The molecule has 0 atom stereocenters. The average Bonchev–Trinajstić information content (AvgIpc) is 2.60. The van der Waals surface area contributed by atoms with E-state index in [2.05, 4.69) is 22.6 Å². The molecule has 0 spiro atoms. The van der Waals surface area contributed by atoms with Gasteiger partial charge in [0.1, 0.15) is 12.9 Å². The van der Waals surface area contributed by atoms with Crippen LogP contribution < -0.4 is 9.47 Å². The second kappa shape index (κ2) is 8.68. The van der Waals surface area contributed by atoms with Crippen molar-refractivity contribution in [2.45, 2.75) is 13.5 Å². The molecule has 0 aromatic heterocycles. The molecule has 6 heteroatoms. The van der Waals surface area contributed by atoms with Gasteiger partial charge in [0.25, 0.3) is 0 Å². The molecule has 0 saturated carbocycles. The number of benzene rings is 2. The standard InChI is InChI=1S/C18H17IO5/c1-3-23-18(21)14-6-4-5-12(7-14)11-24-17-15(19)8-13(10-20)9-16(17)22-2/h4-10H,3,11H2,1-2H3. The van der Waals surface area contributed by atoms with Crippen molar-refractivity contribution in [1.29, 1.82) is 0 Å². The van der Waals surface area contributed by atoms with E-state index in [-0.39, 0.29) is 12.6 Å². The second-order valence-electron chi connectivity index (χ2n) is 4.86. The molecule has 2 aromatic rings. The van der Waals surface area contributed by atoms with E-state index >= 15 is 0 Å². The van der Waals surface area contributed by atoms with Crippen molar-refractivity contribution in [2.75, 3.05) is 13.7 Å². The van der Waals surface area contributed by atoms with Crippen molar-refractivity contribution in [3.8, 4) is 11.5 Å². The molecule has 0 unspecified atom stereocenters. The fourth-order valence-electron chi connectivity index (χ4n) is 2.11. The summed E-state index contributed by atoms with van der Waals surface area (Å²) < 4.78 is 16.9. The minimum Gasteiger partial charge on any atom is -0.493 e. The number of hydrogen-bond donors (Lipinski definition) is 0. The molecule has 0 N–H and O–H groups in total. The van der Waals surface area contributed by atoms with Gasteiger partial charge in [-0.3, -0.25) is 4.79 Å². The largest absolute Gasteiger partial charge is 0.493 e. The highest BCUT2D eigenvalue weighted by atomic mass is 127. The molecule has 0 aliphatic heterocycles. The highest BCUT2D eigenvalue weighted by Gasteiger charge is 2.13. The summed E-state index contributed by atoms with van der Waals surface area (Å²) in [7, 11) is 1.52. The molecule has 2 aromatic carbocycles. The molecule has 24 heavy (non-hydrogen) atoms. The summed E-state index contributed by atoms with van der Waals surface area (Å²) in [5.41, 5.74) is 1.83. The van der Waals surface area contributed by atoms with Gasteiger partial charge in [-0.25, -0.2) is 4.79 Å². The Hall–Kier alpha value is -2.09. The Bertz CT molecular complexity index is 742. The Balaban J connectivity index is 2.18. The van der Waals surface area contributed by atoms with Gasteiger partial charge < -0.3 is 14.2 Å². The normalized spacial score (nSPS) is 10.1. The Morgan fingerprint density at radius 2 is 2.04 bits per heavy atom. The number of hydrogen-bond acceptors (Lipinski definition) is 5. The quantitative estimate of drug-likeness (QED) is 0.372. The fourth-order valence-corrected chi connectivity index (χ4v) is 2.89. The van der Waals surface area contributed by atoms with Gasteiger partial charge in [0.2, 0.25) is 0 Å². The van der Waals surface area contributed by atoms with Gasteiger partial charge in [0.05, 0.1) is 22.9 Å². The topological polar surface area (TPSA) is 61.8 Å². The van der Waals surface area contributed by atoms with E-state index in [0.29, 0.717) is 29.2 Å². The molecule has 0 fully saturated rings. The van der Waals surface area contributed by atoms with Gasteiger partial charge in [-0.15, -0.1) is 0 Å². The van der Waals surface area contributed by atoms with Gasteiger partial charge in [-0.1, -0.05) is 12.1 Å². The molecule has 0 aliphatic rings. The van der Waals surface area contributed by atoms with Crippen LogP contribution in [0.5, 0.6) is 11.5 Å². The number of methoxy groups -OCH3 is 1. The molecule has 126 valence electrons. The van der Waals surface area contributed by atoms with Crippen LogP contribution in [-0.2, 0) is 11.3 Å². The summed E-state index contributed by atoms with van der Waals surface area (Å²) in [6.07, 6.45) is 0.761. The monoisotopic (exact) mass is 440 g/mol. The number of esters is 1. The van der Waals surface area contributed by atoms with E-state index < -0.39 is 0 Å². The van der Waals surface area contributed by atoms with Crippen LogP contribution in [0.1, 0.15) is 33.2 Å². The van der Waals surface area contributed by atoms with Gasteiger partial charge in [-0.2, -0.15) is 0 Å². The van der Waals surface area contributed by atoms with Crippen molar-refractivity contribution in [3.05, 3.63) is 56.7 Å². The number of aldehydes is 1. The first-order valence-corrected chi connectivity index (χ1v) is 8.38. The van der Waals surface area contributed by atoms with E-state index in [0.717, 1.165) is 15.4 Å². The van der Waals surface area contributed by atoms with Crippen LogP contribution >= 0.6 is 22.6 Å². The molecule has 0 bridgehead atoms. The van der Waals surface area contributed by atoms with E-state index in [1.165, 1.54) is 7.11 Å². The molecule has 0 amide bonds. The first-order valence-electron chi connectivity index (χ1n) is 7.30. The third kappa shape index (κ3) is 4.47. The summed E-state index contributed by atoms with van der Waals surface area (Å²) in [5.74, 6) is 0.692. The highest BCUT2D eigenvalue weighted by molar-refractivity contribution is 14.1. The minimum atomic E-state index is -0.359. The minimum absolute atomic E-state index is 0.264. The van der Waals surface area contributed by atoms with Gasteiger partial charge in [0.15, 0.2) is 11.5 Å². The van der Waals surface area contributed by atoms with Crippen LogP contribution in [0.15, 0.2) is 36.4 Å². The molecule has 2 rings (SSSR count). The predicted octanol–water partition coefficient (Wildman–Crippen LogP) is 3.87. The molecular formula is C18H17IO5. The number of ether oxygens (including phenoxy) is 3. The lowest BCUT2D eigenvalue weighted by atomic mass is 10.1. The van der Waals surface area contributed by atoms with Gasteiger partial charge in [0, 0.05) is 5.56 Å². The molecule has 5 nitrogen and oxygen atoms in total. The molecule has 0 radical (unpaired) electrons. The number of halogens is 1. The smallest absolute Gasteiger partial charge is 0.338 e. The number of rotatable bonds is 7. The molecule has 0 aliphatic carbocycles. The Morgan fingerprint density at radius 3 is 2.71 bits per heavy atom. The maximum Gasteiger partial charge on any atom is 0.338 e. The lowest BCUT2D eigenvalue weighted by Gasteiger charge is -2.13. The zero-order valence-corrected chi connectivity index (χ0v) is 15.5. The van der Waals surface area contributed by atoms with Crippen molar-refractivity contribution in [2.24, 2.45) is 0 Å². The van der Waals surface area contributed by atoms with Crippen molar-refractivity contribution in [3.63, 3.8) is 0 Å². The van der Waals surface area contributed by atoms with Gasteiger partial charge in [-0.05, 0) is 59.3 Å².